The number of allylic oxidation sites excluding steroid dienone is 1. The summed E-state index contributed by atoms with van der Waals surface area (Å²) < 4.78 is 39.4. The molecule has 4 rings (SSSR count). The van der Waals surface area contributed by atoms with Gasteiger partial charge in [-0.15, -0.1) is 0 Å². The summed E-state index contributed by atoms with van der Waals surface area (Å²) in [6.07, 6.45) is 6.06. The van der Waals surface area contributed by atoms with E-state index in [1.807, 2.05) is 39.0 Å². The zero-order chi connectivity index (χ0) is 30.7. The number of rotatable bonds is 11. The molecule has 0 saturated carbocycles. The van der Waals surface area contributed by atoms with Gasteiger partial charge in [-0.2, -0.15) is 0 Å². The third kappa shape index (κ3) is 7.49. The van der Waals surface area contributed by atoms with Crippen molar-refractivity contribution in [1.29, 1.82) is 0 Å². The van der Waals surface area contributed by atoms with Gasteiger partial charge in [0.05, 0.1) is 18.8 Å². The van der Waals surface area contributed by atoms with Gasteiger partial charge in [-0.05, 0) is 70.7 Å². The minimum absolute atomic E-state index is 0.00384. The molecule has 0 aliphatic carbocycles. The molecule has 0 bridgehead atoms. The van der Waals surface area contributed by atoms with Crippen LogP contribution in [0, 0.1) is 5.92 Å². The summed E-state index contributed by atoms with van der Waals surface area (Å²) in [7, 11) is -1.98. The van der Waals surface area contributed by atoms with Gasteiger partial charge in [0.1, 0.15) is 17.0 Å². The molecule has 3 heterocycles. The molecular formula is C34H54O7Si. The fourth-order valence-electron chi connectivity index (χ4n) is 6.81. The highest BCUT2D eigenvalue weighted by Crippen LogP contribution is 2.57. The fourth-order valence-corrected chi connectivity index (χ4v) is 9.95. The van der Waals surface area contributed by atoms with E-state index in [1.165, 1.54) is 11.6 Å². The Morgan fingerprint density at radius 2 is 1.76 bits per heavy atom. The number of carbonyl (C=O) groups excluding carboxylic acids is 1. The molecule has 3 saturated heterocycles. The number of hydrogen-bond acceptors (Lipinski definition) is 7. The molecule has 2 unspecified atom stereocenters. The van der Waals surface area contributed by atoms with Crippen LogP contribution >= 0.6 is 0 Å². The lowest BCUT2D eigenvalue weighted by Crippen LogP contribution is -2.64. The predicted octanol–water partition coefficient (Wildman–Crippen LogP) is 8.04. The Balaban J connectivity index is 1.52. The maximum atomic E-state index is 12.6. The molecule has 42 heavy (non-hydrogen) atoms. The Bertz CT molecular complexity index is 1070. The first-order valence-electron chi connectivity index (χ1n) is 16.1. The average Bonchev–Trinajstić information content (AvgIpc) is 3.45. The molecular weight excluding hydrogens is 548 g/mol. The number of carbonyl (C=O) groups is 1. The number of esters is 1. The molecule has 3 fully saturated rings. The summed E-state index contributed by atoms with van der Waals surface area (Å²) in [6, 6.07) is 13.4. The van der Waals surface area contributed by atoms with Crippen molar-refractivity contribution >= 4 is 14.3 Å². The Morgan fingerprint density at radius 1 is 1.07 bits per heavy atom. The fraction of sp³-hybridized carbons (Fsp3) is 0.735. The topological polar surface area (TPSA) is 72.5 Å². The lowest BCUT2D eigenvalue weighted by atomic mass is 9.83. The summed E-state index contributed by atoms with van der Waals surface area (Å²) in [6.45, 7) is 17.9. The van der Waals surface area contributed by atoms with E-state index in [2.05, 4.69) is 46.8 Å². The molecule has 7 nitrogen and oxygen atoms in total. The molecule has 0 aromatic heterocycles. The van der Waals surface area contributed by atoms with Gasteiger partial charge in [-0.25, -0.2) is 4.79 Å². The molecule has 2 spiro atoms. The second kappa shape index (κ2) is 13.1. The van der Waals surface area contributed by atoms with Crippen LogP contribution in [0.15, 0.2) is 42.2 Å². The number of hydrogen-bond donors (Lipinski definition) is 0. The molecule has 3 aliphatic heterocycles. The van der Waals surface area contributed by atoms with E-state index < -0.39 is 37.1 Å². The summed E-state index contributed by atoms with van der Waals surface area (Å²) >= 11 is 0. The van der Waals surface area contributed by atoms with Crippen LogP contribution in [0.5, 0.6) is 0 Å². The van der Waals surface area contributed by atoms with Gasteiger partial charge < -0.3 is 28.1 Å². The standard InChI is InChI=1S/C34H54O7Si/c1-9-42(10-2,11-3)41-32(8)19-17-28(18-22-36-25-27-15-13-12-14-16-27)37-34(32)21-20-33(40-34)24-26(4)29(38-33)23-30(35)39-31(5,6)7/h12-16,23,26,28H,9-11,17-22,24-25H2,1-8H3/b29-23+/t26-,28+,32-,33?,34?/m1/s1. The largest absolute Gasteiger partial charge is 0.466 e. The monoisotopic (exact) mass is 602 g/mol. The minimum atomic E-state index is -1.98. The minimum Gasteiger partial charge on any atom is -0.466 e. The zero-order valence-electron chi connectivity index (χ0n) is 27.3. The van der Waals surface area contributed by atoms with Crippen LogP contribution in [-0.2, 0) is 39.5 Å². The van der Waals surface area contributed by atoms with E-state index in [0.717, 1.165) is 37.4 Å². The highest BCUT2D eigenvalue weighted by atomic mass is 28.4. The van der Waals surface area contributed by atoms with Gasteiger partial charge in [0, 0.05) is 31.8 Å². The van der Waals surface area contributed by atoms with Crippen LogP contribution in [0.2, 0.25) is 18.1 Å². The van der Waals surface area contributed by atoms with Crippen molar-refractivity contribution in [3.8, 4) is 0 Å². The summed E-state index contributed by atoms with van der Waals surface area (Å²) in [4.78, 5) is 12.6. The van der Waals surface area contributed by atoms with Crippen molar-refractivity contribution < 1.29 is 32.9 Å². The second-order valence-electron chi connectivity index (χ2n) is 13.7. The molecule has 3 aliphatic rings. The summed E-state index contributed by atoms with van der Waals surface area (Å²) in [5, 5.41) is 0. The zero-order valence-corrected chi connectivity index (χ0v) is 28.3. The van der Waals surface area contributed by atoms with Crippen LogP contribution in [-0.4, -0.2) is 49.8 Å². The van der Waals surface area contributed by atoms with Crippen molar-refractivity contribution in [2.45, 2.75) is 148 Å². The lowest BCUT2D eigenvalue weighted by Gasteiger charge is -2.54. The van der Waals surface area contributed by atoms with Crippen LogP contribution in [0.25, 0.3) is 0 Å². The van der Waals surface area contributed by atoms with Crippen molar-refractivity contribution in [2.75, 3.05) is 6.61 Å². The van der Waals surface area contributed by atoms with Crippen molar-refractivity contribution in [3.05, 3.63) is 47.7 Å². The lowest BCUT2D eigenvalue weighted by molar-refractivity contribution is -0.379. The SMILES string of the molecule is CC[Si](CC)(CC)O[C@]1(C)CC[C@@H](CCOCc2ccccc2)OC12CCC1(C[C@@H](C)/C(=C\C(=O)OC(C)(C)C)O1)O2. The van der Waals surface area contributed by atoms with E-state index in [0.29, 0.717) is 38.2 Å². The first-order valence-corrected chi connectivity index (χ1v) is 18.7. The first kappa shape index (κ1) is 33.2. The smallest absolute Gasteiger partial charge is 0.334 e. The van der Waals surface area contributed by atoms with Crippen LogP contribution in [0.4, 0.5) is 0 Å². The molecule has 0 radical (unpaired) electrons. The van der Waals surface area contributed by atoms with Crippen LogP contribution < -0.4 is 0 Å². The van der Waals surface area contributed by atoms with E-state index in [9.17, 15) is 4.79 Å². The first-order chi connectivity index (χ1) is 19.8. The molecule has 0 amide bonds. The van der Waals surface area contributed by atoms with E-state index in [4.69, 9.17) is 28.1 Å². The average molecular weight is 603 g/mol. The second-order valence-corrected chi connectivity index (χ2v) is 18.4. The van der Waals surface area contributed by atoms with E-state index >= 15 is 0 Å². The normalized spacial score (nSPS) is 32.5. The molecule has 0 N–H and O–H groups in total. The predicted molar refractivity (Wildman–Crippen MR) is 166 cm³/mol. The third-order valence-electron chi connectivity index (χ3n) is 9.44. The van der Waals surface area contributed by atoms with Gasteiger partial charge in [0.15, 0.2) is 8.32 Å². The highest BCUT2D eigenvalue weighted by molar-refractivity contribution is 6.73. The van der Waals surface area contributed by atoms with Gasteiger partial charge in [0.25, 0.3) is 0 Å². The van der Waals surface area contributed by atoms with Crippen molar-refractivity contribution in [1.82, 2.24) is 0 Å². The van der Waals surface area contributed by atoms with E-state index in [-0.39, 0.29) is 12.0 Å². The Kier molecular flexibility index (Phi) is 10.4. The van der Waals surface area contributed by atoms with Crippen LogP contribution in [0.1, 0.15) is 99.5 Å². The van der Waals surface area contributed by atoms with Crippen LogP contribution in [0.3, 0.4) is 0 Å². The van der Waals surface area contributed by atoms with Gasteiger partial charge in [-0.1, -0.05) is 58.0 Å². The van der Waals surface area contributed by atoms with Crippen molar-refractivity contribution in [2.24, 2.45) is 5.92 Å². The quantitative estimate of drug-likeness (QED) is 0.110. The van der Waals surface area contributed by atoms with Gasteiger partial charge in [0.2, 0.25) is 11.6 Å². The van der Waals surface area contributed by atoms with Gasteiger partial charge in [-0.3, -0.25) is 0 Å². The molecule has 1 aromatic rings. The third-order valence-corrected chi connectivity index (χ3v) is 14.2. The highest BCUT2D eigenvalue weighted by Gasteiger charge is 2.66. The summed E-state index contributed by atoms with van der Waals surface area (Å²) in [5.41, 5.74) is 0.0180. The van der Waals surface area contributed by atoms with E-state index in [1.54, 1.807) is 0 Å². The number of ether oxygens (including phenoxy) is 5. The Morgan fingerprint density at radius 3 is 2.40 bits per heavy atom. The molecule has 236 valence electrons. The molecule has 1 aromatic carbocycles. The molecule has 5 atom stereocenters. The van der Waals surface area contributed by atoms with Gasteiger partial charge >= 0.3 is 5.97 Å². The Hall–Kier alpha value is -1.71. The maximum absolute atomic E-state index is 12.6. The summed E-state index contributed by atoms with van der Waals surface area (Å²) in [5.74, 6) is -1.52. The number of benzene rings is 1. The molecule has 8 heteroatoms. The van der Waals surface area contributed by atoms with Crippen molar-refractivity contribution in [3.63, 3.8) is 0 Å². The Labute approximate surface area is 254 Å². The maximum Gasteiger partial charge on any atom is 0.334 e.